The maximum atomic E-state index is 12.5. The van der Waals surface area contributed by atoms with Crippen molar-refractivity contribution in [2.45, 2.75) is 24.4 Å². The number of hydrogen-bond donors (Lipinski definition) is 2. The highest BCUT2D eigenvalue weighted by Crippen LogP contribution is 2.53. The van der Waals surface area contributed by atoms with Crippen LogP contribution in [0, 0.1) is 0 Å². The van der Waals surface area contributed by atoms with Crippen LogP contribution in [-0.4, -0.2) is 11.7 Å². The first-order valence-electron chi connectivity index (χ1n) is 5.10. The fourth-order valence-corrected chi connectivity index (χ4v) is 2.40. The average molecular weight is 266 g/mol. The molecule has 0 heterocycles. The third-order valence-electron chi connectivity index (χ3n) is 3.17. The van der Waals surface area contributed by atoms with Crippen LogP contribution >= 0.6 is 11.6 Å². The topological polar surface area (TPSA) is 46.2 Å². The first-order chi connectivity index (χ1) is 7.80. The Morgan fingerprint density at radius 3 is 2.29 bits per heavy atom. The van der Waals surface area contributed by atoms with E-state index in [0.717, 1.165) is 18.9 Å². The van der Waals surface area contributed by atoms with Crippen molar-refractivity contribution >= 4 is 11.6 Å². The van der Waals surface area contributed by atoms with Gasteiger partial charge in [0.1, 0.15) is 5.75 Å². The maximum absolute atomic E-state index is 12.5. The van der Waals surface area contributed by atoms with E-state index >= 15 is 0 Å². The summed E-state index contributed by atoms with van der Waals surface area (Å²) in [6.07, 6.45) is -3.04. The van der Waals surface area contributed by atoms with Gasteiger partial charge in [-0.15, -0.1) is 0 Å². The largest absolute Gasteiger partial charge is 0.508 e. The van der Waals surface area contributed by atoms with Crippen molar-refractivity contribution in [2.75, 3.05) is 6.54 Å². The van der Waals surface area contributed by atoms with Gasteiger partial charge in [-0.1, -0.05) is 11.6 Å². The number of phenols is 1. The molecule has 1 aliphatic rings. The molecular formula is C11H11ClF3NO. The van der Waals surface area contributed by atoms with Crippen LogP contribution in [-0.2, 0) is 11.6 Å². The second-order valence-corrected chi connectivity index (χ2v) is 4.74. The number of nitrogens with two attached hydrogens (primary N) is 1. The molecule has 0 saturated heterocycles. The maximum Gasteiger partial charge on any atom is 0.416 e. The van der Waals surface area contributed by atoms with Crippen molar-refractivity contribution in [3.8, 4) is 5.75 Å². The van der Waals surface area contributed by atoms with Gasteiger partial charge in [0, 0.05) is 22.5 Å². The van der Waals surface area contributed by atoms with Gasteiger partial charge in [-0.25, -0.2) is 0 Å². The Morgan fingerprint density at radius 1 is 1.35 bits per heavy atom. The molecule has 17 heavy (non-hydrogen) atoms. The summed E-state index contributed by atoms with van der Waals surface area (Å²) in [5.41, 5.74) is 4.53. The summed E-state index contributed by atoms with van der Waals surface area (Å²) in [5, 5.41) is 9.63. The van der Waals surface area contributed by atoms with Gasteiger partial charge in [0.05, 0.1) is 5.56 Å². The van der Waals surface area contributed by atoms with Crippen molar-refractivity contribution in [3.63, 3.8) is 0 Å². The molecule has 1 aromatic rings. The predicted molar refractivity (Wildman–Crippen MR) is 58.1 cm³/mol. The fraction of sp³-hybridized carbons (Fsp3) is 0.455. The first kappa shape index (κ1) is 12.5. The zero-order chi connectivity index (χ0) is 12.8. The smallest absolute Gasteiger partial charge is 0.416 e. The highest BCUT2D eigenvalue weighted by molar-refractivity contribution is 6.31. The molecule has 94 valence electrons. The predicted octanol–water partition coefficient (Wildman–Crippen LogP) is 3.05. The molecule has 2 rings (SSSR count). The van der Waals surface area contributed by atoms with Crippen LogP contribution < -0.4 is 5.73 Å². The van der Waals surface area contributed by atoms with E-state index in [0.29, 0.717) is 11.6 Å². The normalized spacial score (nSPS) is 18.2. The molecule has 0 radical (unpaired) electrons. The van der Waals surface area contributed by atoms with Gasteiger partial charge in [0.2, 0.25) is 0 Å². The Balaban J connectivity index is 2.51. The second-order valence-electron chi connectivity index (χ2n) is 4.33. The third kappa shape index (κ3) is 2.09. The monoisotopic (exact) mass is 265 g/mol. The third-order valence-corrected chi connectivity index (χ3v) is 3.47. The SMILES string of the molecule is NCC1(c2c(O)cc(C(F)(F)F)cc2Cl)CC1. The quantitative estimate of drug-likeness (QED) is 0.863. The minimum Gasteiger partial charge on any atom is -0.508 e. The van der Waals surface area contributed by atoms with Gasteiger partial charge in [0.25, 0.3) is 0 Å². The number of phenolic OH excluding ortho intramolecular Hbond substituents is 1. The van der Waals surface area contributed by atoms with E-state index in [2.05, 4.69) is 0 Å². The minimum absolute atomic E-state index is 0.0692. The lowest BCUT2D eigenvalue weighted by atomic mass is 9.93. The molecule has 6 heteroatoms. The number of benzene rings is 1. The Kier molecular flexibility index (Phi) is 2.78. The second kappa shape index (κ2) is 3.78. The molecule has 0 unspecified atom stereocenters. The van der Waals surface area contributed by atoms with E-state index in [9.17, 15) is 18.3 Å². The van der Waals surface area contributed by atoms with Crippen LogP contribution in [0.3, 0.4) is 0 Å². The van der Waals surface area contributed by atoms with Crippen LogP contribution in [0.5, 0.6) is 5.75 Å². The molecule has 0 aromatic heterocycles. The Morgan fingerprint density at radius 2 is 1.94 bits per heavy atom. The molecule has 1 aromatic carbocycles. The van der Waals surface area contributed by atoms with Crippen molar-refractivity contribution < 1.29 is 18.3 Å². The molecule has 2 nitrogen and oxygen atoms in total. The van der Waals surface area contributed by atoms with Gasteiger partial charge >= 0.3 is 6.18 Å². The van der Waals surface area contributed by atoms with Crippen molar-refractivity contribution in [1.29, 1.82) is 0 Å². The summed E-state index contributed by atoms with van der Waals surface area (Å²) in [5.74, 6) is -0.423. The Labute approximate surface area is 101 Å². The highest BCUT2D eigenvalue weighted by Gasteiger charge is 2.47. The lowest BCUT2D eigenvalue weighted by Crippen LogP contribution is -2.20. The average Bonchev–Trinajstić information content (AvgIpc) is 2.96. The van der Waals surface area contributed by atoms with Gasteiger partial charge in [0.15, 0.2) is 0 Å². The number of alkyl halides is 3. The molecular weight excluding hydrogens is 255 g/mol. The van der Waals surface area contributed by atoms with Crippen LogP contribution in [0.15, 0.2) is 12.1 Å². The van der Waals surface area contributed by atoms with Gasteiger partial charge < -0.3 is 10.8 Å². The zero-order valence-electron chi connectivity index (χ0n) is 8.81. The number of halogens is 4. The van der Waals surface area contributed by atoms with Crippen LogP contribution in [0.25, 0.3) is 0 Å². The molecule has 0 amide bonds. The molecule has 0 spiro atoms. The summed E-state index contributed by atoms with van der Waals surface area (Å²) in [6.45, 7) is 0.269. The van der Waals surface area contributed by atoms with Crippen molar-refractivity contribution in [1.82, 2.24) is 0 Å². The summed E-state index contributed by atoms with van der Waals surface area (Å²) in [6, 6.07) is 1.54. The van der Waals surface area contributed by atoms with Crippen LogP contribution in [0.4, 0.5) is 13.2 Å². The number of hydrogen-bond acceptors (Lipinski definition) is 2. The summed E-state index contributed by atoms with van der Waals surface area (Å²) in [7, 11) is 0. The van der Waals surface area contributed by atoms with Crippen molar-refractivity contribution in [3.05, 3.63) is 28.3 Å². The lowest BCUT2D eigenvalue weighted by molar-refractivity contribution is -0.137. The van der Waals surface area contributed by atoms with E-state index in [1.807, 2.05) is 0 Å². The molecule has 0 atom stereocenters. The number of aromatic hydroxyl groups is 1. The molecule has 0 aliphatic heterocycles. The molecule has 1 aliphatic carbocycles. The van der Waals surface area contributed by atoms with Gasteiger partial charge in [-0.2, -0.15) is 13.2 Å². The van der Waals surface area contributed by atoms with Crippen LogP contribution in [0.2, 0.25) is 5.02 Å². The van der Waals surface area contributed by atoms with E-state index in [1.54, 1.807) is 0 Å². The van der Waals surface area contributed by atoms with Gasteiger partial charge in [-0.3, -0.25) is 0 Å². The number of rotatable bonds is 2. The first-order valence-corrected chi connectivity index (χ1v) is 5.48. The van der Waals surface area contributed by atoms with Crippen molar-refractivity contribution in [2.24, 2.45) is 5.73 Å². The minimum atomic E-state index is -4.51. The van der Waals surface area contributed by atoms with E-state index in [4.69, 9.17) is 17.3 Å². The standard InChI is InChI=1S/C11H11ClF3NO/c12-7-3-6(11(13,14)15)4-8(17)9(7)10(5-16)1-2-10/h3-4,17H,1-2,5,16H2. The summed E-state index contributed by atoms with van der Waals surface area (Å²) >= 11 is 5.83. The highest BCUT2D eigenvalue weighted by atomic mass is 35.5. The summed E-state index contributed by atoms with van der Waals surface area (Å²) in [4.78, 5) is 0. The molecule has 0 bridgehead atoms. The lowest BCUT2D eigenvalue weighted by Gasteiger charge is -2.18. The Bertz CT molecular complexity index is 432. The van der Waals surface area contributed by atoms with Crippen LogP contribution in [0.1, 0.15) is 24.0 Å². The van der Waals surface area contributed by atoms with Gasteiger partial charge in [-0.05, 0) is 25.0 Å². The summed E-state index contributed by atoms with van der Waals surface area (Å²) < 4.78 is 37.4. The Hall–Kier alpha value is -0.940. The van der Waals surface area contributed by atoms with E-state index in [1.165, 1.54) is 0 Å². The zero-order valence-corrected chi connectivity index (χ0v) is 9.57. The molecule has 3 N–H and O–H groups in total. The van der Waals surface area contributed by atoms with E-state index < -0.39 is 22.9 Å². The molecule has 1 fully saturated rings. The molecule has 1 saturated carbocycles. The fourth-order valence-electron chi connectivity index (χ4n) is 1.99. The van der Waals surface area contributed by atoms with E-state index in [-0.39, 0.29) is 11.6 Å².